The number of carbonyl (C=O) groups is 1. The maximum absolute atomic E-state index is 12.8. The van der Waals surface area contributed by atoms with E-state index < -0.39 is 0 Å². The van der Waals surface area contributed by atoms with E-state index in [2.05, 4.69) is 10.3 Å². The van der Waals surface area contributed by atoms with Crippen molar-refractivity contribution in [3.05, 3.63) is 69.9 Å². The van der Waals surface area contributed by atoms with Crippen molar-refractivity contribution in [2.24, 2.45) is 0 Å². The number of benzene rings is 2. The molecule has 27 heavy (non-hydrogen) atoms. The van der Waals surface area contributed by atoms with E-state index in [1.807, 2.05) is 47.4 Å². The van der Waals surface area contributed by atoms with E-state index in [0.717, 1.165) is 53.8 Å². The number of aromatic nitrogens is 1. The lowest BCUT2D eigenvalue weighted by molar-refractivity contribution is 0.0674. The Morgan fingerprint density at radius 3 is 2.78 bits per heavy atom. The van der Waals surface area contributed by atoms with Crippen LogP contribution in [0, 0.1) is 0 Å². The minimum absolute atomic E-state index is 0.00540. The summed E-state index contributed by atoms with van der Waals surface area (Å²) in [4.78, 5) is 30.6. The fourth-order valence-electron chi connectivity index (χ4n) is 4.26. The molecule has 0 saturated carbocycles. The van der Waals surface area contributed by atoms with Crippen molar-refractivity contribution in [1.29, 1.82) is 0 Å². The Balaban J connectivity index is 1.51. The van der Waals surface area contributed by atoms with Gasteiger partial charge in [0.2, 0.25) is 0 Å². The van der Waals surface area contributed by atoms with Gasteiger partial charge < -0.3 is 15.2 Å². The van der Waals surface area contributed by atoms with Crippen LogP contribution < -0.4 is 10.7 Å². The van der Waals surface area contributed by atoms with Gasteiger partial charge in [0.05, 0.1) is 0 Å². The van der Waals surface area contributed by atoms with Crippen molar-refractivity contribution >= 4 is 16.8 Å². The molecule has 3 heterocycles. The van der Waals surface area contributed by atoms with Gasteiger partial charge in [-0.25, -0.2) is 0 Å². The predicted molar refractivity (Wildman–Crippen MR) is 106 cm³/mol. The van der Waals surface area contributed by atoms with Crippen LogP contribution in [0.1, 0.15) is 28.8 Å². The summed E-state index contributed by atoms with van der Waals surface area (Å²) in [5.41, 5.74) is 4.38. The van der Waals surface area contributed by atoms with Crippen LogP contribution in [0.15, 0.2) is 53.3 Å². The summed E-state index contributed by atoms with van der Waals surface area (Å²) in [6.45, 7) is 2.54. The number of nitrogens with zero attached hydrogens (tertiary/aromatic N) is 1. The maximum atomic E-state index is 12.8. The van der Waals surface area contributed by atoms with Crippen LogP contribution in [-0.4, -0.2) is 34.9 Å². The number of aromatic amines is 1. The van der Waals surface area contributed by atoms with Crippen molar-refractivity contribution < 1.29 is 4.79 Å². The smallest absolute Gasteiger partial charge is 0.254 e. The molecule has 0 bridgehead atoms. The molecule has 1 unspecified atom stereocenters. The quantitative estimate of drug-likeness (QED) is 0.739. The Morgan fingerprint density at radius 2 is 1.93 bits per heavy atom. The molecule has 2 aliphatic rings. The molecule has 1 saturated heterocycles. The number of H-pyrrole nitrogens is 1. The zero-order valence-electron chi connectivity index (χ0n) is 15.0. The molecule has 2 aromatic carbocycles. The zero-order chi connectivity index (χ0) is 18.4. The van der Waals surface area contributed by atoms with Crippen LogP contribution >= 0.6 is 0 Å². The molecular weight excluding hydrogens is 338 g/mol. The number of rotatable bonds is 2. The van der Waals surface area contributed by atoms with Gasteiger partial charge in [0, 0.05) is 47.4 Å². The van der Waals surface area contributed by atoms with Gasteiger partial charge in [-0.15, -0.1) is 0 Å². The number of carbonyl (C=O) groups excluding carboxylic acids is 1. The van der Waals surface area contributed by atoms with Gasteiger partial charge >= 0.3 is 0 Å². The average Bonchev–Trinajstić information content (AvgIpc) is 3.05. The number of hydrogen-bond donors (Lipinski definition) is 2. The molecule has 1 fully saturated rings. The van der Waals surface area contributed by atoms with E-state index in [0.29, 0.717) is 11.9 Å². The zero-order valence-corrected chi connectivity index (χ0v) is 15.0. The molecule has 3 aromatic rings. The number of piperidine rings is 1. The third-order valence-corrected chi connectivity index (χ3v) is 5.70. The predicted octanol–water partition coefficient (Wildman–Crippen LogP) is 2.90. The molecule has 2 N–H and O–H groups in total. The van der Waals surface area contributed by atoms with Crippen molar-refractivity contribution in [3.63, 3.8) is 0 Å². The number of hydrogen-bond acceptors (Lipinski definition) is 3. The Kier molecular flexibility index (Phi) is 3.83. The van der Waals surface area contributed by atoms with Gasteiger partial charge in [0.25, 0.3) is 5.91 Å². The third-order valence-electron chi connectivity index (χ3n) is 5.70. The highest BCUT2D eigenvalue weighted by molar-refractivity contribution is 5.99. The van der Waals surface area contributed by atoms with Crippen molar-refractivity contribution in [3.8, 4) is 11.3 Å². The van der Waals surface area contributed by atoms with Gasteiger partial charge in [-0.05, 0) is 54.8 Å². The highest BCUT2D eigenvalue weighted by Crippen LogP contribution is 2.30. The summed E-state index contributed by atoms with van der Waals surface area (Å²) in [6, 6.07) is 15.3. The molecule has 1 aromatic heterocycles. The molecule has 0 radical (unpaired) electrons. The summed E-state index contributed by atoms with van der Waals surface area (Å²) in [7, 11) is 0. The Bertz CT molecular complexity index is 1100. The van der Waals surface area contributed by atoms with Crippen molar-refractivity contribution in [1.82, 2.24) is 15.2 Å². The third kappa shape index (κ3) is 2.75. The van der Waals surface area contributed by atoms with Gasteiger partial charge in [-0.1, -0.05) is 18.2 Å². The second-order valence-electron chi connectivity index (χ2n) is 7.40. The van der Waals surface area contributed by atoms with Crippen LogP contribution in [-0.2, 0) is 6.54 Å². The van der Waals surface area contributed by atoms with Gasteiger partial charge in [0.1, 0.15) is 0 Å². The number of nitrogens with one attached hydrogen (secondary N) is 2. The summed E-state index contributed by atoms with van der Waals surface area (Å²) >= 11 is 0. The first-order chi connectivity index (χ1) is 13.2. The fraction of sp³-hybridized carbons (Fsp3) is 0.273. The normalized spacial score (nSPS) is 19.5. The molecule has 1 atom stereocenters. The van der Waals surface area contributed by atoms with Gasteiger partial charge in [-0.3, -0.25) is 9.59 Å². The maximum Gasteiger partial charge on any atom is 0.254 e. The second kappa shape index (κ2) is 6.35. The monoisotopic (exact) mass is 359 g/mol. The average molecular weight is 359 g/mol. The largest absolute Gasteiger partial charge is 0.354 e. The van der Waals surface area contributed by atoms with E-state index >= 15 is 0 Å². The number of pyridine rings is 1. The van der Waals surface area contributed by atoms with Crippen LogP contribution in [0.2, 0.25) is 0 Å². The van der Waals surface area contributed by atoms with Crippen molar-refractivity contribution in [2.75, 3.05) is 13.1 Å². The Hall–Kier alpha value is -2.92. The Labute approximate surface area is 157 Å². The molecular formula is C22H21N3O2. The van der Waals surface area contributed by atoms with Gasteiger partial charge in [0.15, 0.2) is 5.43 Å². The minimum Gasteiger partial charge on any atom is -0.354 e. The van der Waals surface area contributed by atoms with Crippen LogP contribution in [0.5, 0.6) is 0 Å². The molecule has 2 aliphatic heterocycles. The molecule has 1 amide bonds. The number of amides is 1. The lowest BCUT2D eigenvalue weighted by Crippen LogP contribution is -2.46. The lowest BCUT2D eigenvalue weighted by atomic mass is 10.0. The molecule has 0 spiro atoms. The minimum atomic E-state index is 0.00540. The van der Waals surface area contributed by atoms with Crippen LogP contribution in [0.4, 0.5) is 0 Å². The molecule has 5 nitrogen and oxygen atoms in total. The number of para-hydroxylation sites is 1. The summed E-state index contributed by atoms with van der Waals surface area (Å²) in [5.74, 6) is 0.122. The van der Waals surface area contributed by atoms with E-state index in [1.54, 1.807) is 6.07 Å². The van der Waals surface area contributed by atoms with Crippen LogP contribution in [0.25, 0.3) is 22.2 Å². The first kappa shape index (κ1) is 16.3. The number of fused-ring (bicyclic) bond motifs is 2. The van der Waals surface area contributed by atoms with E-state index in [1.165, 1.54) is 0 Å². The van der Waals surface area contributed by atoms with Crippen LogP contribution in [0.3, 0.4) is 0 Å². The van der Waals surface area contributed by atoms with E-state index in [4.69, 9.17) is 0 Å². The first-order valence-corrected chi connectivity index (χ1v) is 9.48. The lowest BCUT2D eigenvalue weighted by Gasteiger charge is -2.31. The summed E-state index contributed by atoms with van der Waals surface area (Å²) in [6.07, 6.45) is 2.16. The molecule has 5 heteroatoms. The highest BCUT2D eigenvalue weighted by atomic mass is 16.2. The topological polar surface area (TPSA) is 65.2 Å². The van der Waals surface area contributed by atoms with Gasteiger partial charge in [-0.2, -0.15) is 0 Å². The molecule has 0 aliphatic carbocycles. The standard InChI is InChI=1S/C22H21N3O2/c26-21-11-20(24-19-6-2-1-5-18(19)21)14-7-8-17-15(10-14)13-25(22(17)27)16-4-3-9-23-12-16/h1-2,5-8,10-11,16,23H,3-4,9,12-13H2,(H,24,26). The SMILES string of the molecule is O=C1c2ccc(-c3cc(=O)c4ccccc4[nH]3)cc2CN1C1CCCNC1. The molecule has 5 rings (SSSR count). The first-order valence-electron chi connectivity index (χ1n) is 9.48. The second-order valence-corrected chi connectivity index (χ2v) is 7.40. The van der Waals surface area contributed by atoms with Crippen molar-refractivity contribution in [2.45, 2.75) is 25.4 Å². The van der Waals surface area contributed by atoms with E-state index in [-0.39, 0.29) is 17.4 Å². The highest BCUT2D eigenvalue weighted by Gasteiger charge is 2.33. The summed E-state index contributed by atoms with van der Waals surface area (Å²) < 4.78 is 0. The Morgan fingerprint density at radius 1 is 1.04 bits per heavy atom. The fourth-order valence-corrected chi connectivity index (χ4v) is 4.26. The summed E-state index contributed by atoms with van der Waals surface area (Å²) in [5, 5.41) is 4.07. The molecule has 136 valence electrons. The van der Waals surface area contributed by atoms with E-state index in [9.17, 15) is 9.59 Å².